The molecule has 1 fully saturated rings. The molecule has 0 radical (unpaired) electrons. The average molecular weight is 439 g/mol. The SMILES string of the molecule is COc1cc(C(c2ccsc2)N2CCCNCC2)cc(OC)c1OCc1ccccc1. The number of methoxy groups -OCH3 is 2. The predicted octanol–water partition coefficient (Wildman–Crippen LogP) is 4.73. The molecule has 31 heavy (non-hydrogen) atoms. The molecule has 1 atom stereocenters. The second kappa shape index (κ2) is 10.7. The van der Waals surface area contributed by atoms with E-state index in [1.807, 2.05) is 30.3 Å². The third-order valence-electron chi connectivity index (χ3n) is 5.62. The van der Waals surface area contributed by atoms with Crippen LogP contribution in [0.25, 0.3) is 0 Å². The van der Waals surface area contributed by atoms with Crippen LogP contribution in [0.5, 0.6) is 17.2 Å². The van der Waals surface area contributed by atoms with Gasteiger partial charge in [0.2, 0.25) is 5.75 Å². The molecular formula is C25H30N2O3S. The minimum absolute atomic E-state index is 0.150. The first-order valence-corrected chi connectivity index (χ1v) is 11.6. The number of benzene rings is 2. The Hall–Kier alpha value is -2.54. The Bertz CT molecular complexity index is 914. The Balaban J connectivity index is 1.68. The summed E-state index contributed by atoms with van der Waals surface area (Å²) >= 11 is 1.73. The molecule has 0 spiro atoms. The van der Waals surface area contributed by atoms with Crippen molar-refractivity contribution in [1.82, 2.24) is 10.2 Å². The van der Waals surface area contributed by atoms with Crippen molar-refractivity contribution in [1.29, 1.82) is 0 Å². The van der Waals surface area contributed by atoms with Crippen LogP contribution in [0.1, 0.15) is 29.2 Å². The Morgan fingerprint density at radius 1 is 0.968 bits per heavy atom. The van der Waals surface area contributed by atoms with Gasteiger partial charge in [0, 0.05) is 19.6 Å². The van der Waals surface area contributed by atoms with E-state index in [1.165, 1.54) is 5.56 Å². The first-order chi connectivity index (χ1) is 15.3. The average Bonchev–Trinajstić information content (AvgIpc) is 3.21. The van der Waals surface area contributed by atoms with Gasteiger partial charge in [0.05, 0.1) is 20.3 Å². The highest BCUT2D eigenvalue weighted by molar-refractivity contribution is 7.08. The van der Waals surface area contributed by atoms with Crippen molar-refractivity contribution >= 4 is 11.3 Å². The van der Waals surface area contributed by atoms with Gasteiger partial charge in [0.25, 0.3) is 0 Å². The second-order valence-corrected chi connectivity index (χ2v) is 8.41. The lowest BCUT2D eigenvalue weighted by Gasteiger charge is -2.31. The molecule has 0 amide bonds. The number of ether oxygens (including phenoxy) is 3. The van der Waals surface area contributed by atoms with E-state index in [1.54, 1.807) is 25.6 Å². The fourth-order valence-corrected chi connectivity index (χ4v) is 4.78. The quantitative estimate of drug-likeness (QED) is 0.551. The van der Waals surface area contributed by atoms with Gasteiger partial charge in [-0.15, -0.1) is 0 Å². The number of nitrogens with zero attached hydrogens (tertiary/aromatic N) is 1. The van der Waals surface area contributed by atoms with Crippen molar-refractivity contribution in [2.45, 2.75) is 19.1 Å². The molecule has 4 rings (SSSR count). The third-order valence-corrected chi connectivity index (χ3v) is 6.32. The molecule has 0 aliphatic carbocycles. The van der Waals surface area contributed by atoms with Gasteiger partial charge < -0.3 is 19.5 Å². The topological polar surface area (TPSA) is 43.0 Å². The highest BCUT2D eigenvalue weighted by atomic mass is 32.1. The van der Waals surface area contributed by atoms with Crippen LogP contribution in [0.3, 0.4) is 0 Å². The Morgan fingerprint density at radius 2 is 1.74 bits per heavy atom. The summed E-state index contributed by atoms with van der Waals surface area (Å²) in [6, 6.07) is 16.7. The van der Waals surface area contributed by atoms with Crippen LogP contribution in [-0.4, -0.2) is 45.3 Å². The van der Waals surface area contributed by atoms with E-state index < -0.39 is 0 Å². The van der Waals surface area contributed by atoms with Crippen molar-refractivity contribution in [3.63, 3.8) is 0 Å². The maximum Gasteiger partial charge on any atom is 0.203 e. The summed E-state index contributed by atoms with van der Waals surface area (Å²) in [7, 11) is 3.37. The number of thiophene rings is 1. The van der Waals surface area contributed by atoms with E-state index in [4.69, 9.17) is 14.2 Å². The molecular weight excluding hydrogens is 408 g/mol. The van der Waals surface area contributed by atoms with Gasteiger partial charge in [-0.1, -0.05) is 30.3 Å². The van der Waals surface area contributed by atoms with Gasteiger partial charge in [-0.2, -0.15) is 11.3 Å². The lowest BCUT2D eigenvalue weighted by molar-refractivity contribution is 0.238. The van der Waals surface area contributed by atoms with Gasteiger partial charge in [0.1, 0.15) is 6.61 Å². The van der Waals surface area contributed by atoms with Crippen LogP contribution < -0.4 is 19.5 Å². The predicted molar refractivity (Wildman–Crippen MR) is 126 cm³/mol. The van der Waals surface area contributed by atoms with Gasteiger partial charge in [-0.3, -0.25) is 4.90 Å². The monoisotopic (exact) mass is 438 g/mol. The zero-order valence-corrected chi connectivity index (χ0v) is 19.0. The van der Waals surface area contributed by atoms with E-state index in [2.05, 4.69) is 39.2 Å². The maximum atomic E-state index is 6.16. The van der Waals surface area contributed by atoms with Crippen molar-refractivity contribution in [3.8, 4) is 17.2 Å². The summed E-state index contributed by atoms with van der Waals surface area (Å²) in [6.45, 7) is 4.55. The molecule has 1 aromatic heterocycles. The van der Waals surface area contributed by atoms with Gasteiger partial charge in [-0.05, 0) is 58.6 Å². The van der Waals surface area contributed by atoms with Crippen LogP contribution in [0.4, 0.5) is 0 Å². The van der Waals surface area contributed by atoms with Crippen LogP contribution in [0.15, 0.2) is 59.3 Å². The number of nitrogens with one attached hydrogen (secondary N) is 1. The molecule has 0 bridgehead atoms. The van der Waals surface area contributed by atoms with Crippen LogP contribution in [0.2, 0.25) is 0 Å². The molecule has 164 valence electrons. The largest absolute Gasteiger partial charge is 0.493 e. The van der Waals surface area contributed by atoms with Crippen LogP contribution >= 0.6 is 11.3 Å². The Labute approximate surface area is 188 Å². The summed E-state index contributed by atoms with van der Waals surface area (Å²) in [5.74, 6) is 2.02. The van der Waals surface area contributed by atoms with E-state index in [0.29, 0.717) is 23.9 Å². The first kappa shape index (κ1) is 21.7. The molecule has 1 unspecified atom stereocenters. The number of rotatable bonds is 8. The minimum Gasteiger partial charge on any atom is -0.493 e. The lowest BCUT2D eigenvalue weighted by atomic mass is 9.98. The highest BCUT2D eigenvalue weighted by Crippen LogP contribution is 2.43. The van der Waals surface area contributed by atoms with E-state index in [0.717, 1.165) is 43.7 Å². The van der Waals surface area contributed by atoms with E-state index in [-0.39, 0.29) is 6.04 Å². The van der Waals surface area contributed by atoms with Crippen molar-refractivity contribution in [2.24, 2.45) is 0 Å². The summed E-state index contributed by atoms with van der Waals surface area (Å²) in [6.07, 6.45) is 1.13. The fourth-order valence-electron chi connectivity index (χ4n) is 4.10. The summed E-state index contributed by atoms with van der Waals surface area (Å²) < 4.78 is 17.7. The standard InChI is InChI=1S/C25H30N2O3S/c1-28-22-15-21(16-23(29-2)25(22)30-17-19-7-4-3-5-8-19)24(20-9-14-31-18-20)27-12-6-10-26-11-13-27/h3-5,7-9,14-16,18,24,26H,6,10-13,17H2,1-2H3. The second-order valence-electron chi connectivity index (χ2n) is 7.63. The summed E-state index contributed by atoms with van der Waals surface area (Å²) in [5, 5.41) is 7.89. The normalized spacial score (nSPS) is 15.8. The van der Waals surface area contributed by atoms with Gasteiger partial charge in [0.15, 0.2) is 11.5 Å². The van der Waals surface area contributed by atoms with Crippen molar-refractivity contribution in [3.05, 3.63) is 76.0 Å². The minimum atomic E-state index is 0.150. The fraction of sp³-hybridized carbons (Fsp3) is 0.360. The molecule has 1 aliphatic rings. The van der Waals surface area contributed by atoms with Crippen molar-refractivity contribution < 1.29 is 14.2 Å². The summed E-state index contributed by atoms with van der Waals surface area (Å²) in [4.78, 5) is 2.54. The van der Waals surface area contributed by atoms with Crippen LogP contribution in [0, 0.1) is 0 Å². The van der Waals surface area contributed by atoms with E-state index >= 15 is 0 Å². The van der Waals surface area contributed by atoms with Gasteiger partial charge in [-0.25, -0.2) is 0 Å². The Kier molecular flexibility index (Phi) is 7.46. The molecule has 3 aromatic rings. The zero-order chi connectivity index (χ0) is 21.5. The number of hydrogen-bond donors (Lipinski definition) is 1. The lowest BCUT2D eigenvalue weighted by Crippen LogP contribution is -2.32. The molecule has 1 aliphatic heterocycles. The highest BCUT2D eigenvalue weighted by Gasteiger charge is 2.26. The molecule has 1 saturated heterocycles. The molecule has 2 aromatic carbocycles. The first-order valence-electron chi connectivity index (χ1n) is 10.7. The Morgan fingerprint density at radius 3 is 2.42 bits per heavy atom. The molecule has 0 saturated carbocycles. The molecule has 5 nitrogen and oxygen atoms in total. The smallest absolute Gasteiger partial charge is 0.203 e. The number of hydrogen-bond acceptors (Lipinski definition) is 6. The third kappa shape index (κ3) is 5.21. The molecule has 1 N–H and O–H groups in total. The van der Waals surface area contributed by atoms with E-state index in [9.17, 15) is 0 Å². The van der Waals surface area contributed by atoms with Crippen molar-refractivity contribution in [2.75, 3.05) is 40.4 Å². The molecule has 6 heteroatoms. The molecule has 2 heterocycles. The van der Waals surface area contributed by atoms with Crippen LogP contribution in [-0.2, 0) is 6.61 Å². The van der Waals surface area contributed by atoms with Gasteiger partial charge >= 0.3 is 0 Å². The zero-order valence-electron chi connectivity index (χ0n) is 18.2. The summed E-state index contributed by atoms with van der Waals surface area (Å²) in [5.41, 5.74) is 3.55. The maximum absolute atomic E-state index is 6.16.